The molecule has 0 N–H and O–H groups in total. The summed E-state index contributed by atoms with van der Waals surface area (Å²) in [5, 5.41) is 0. The highest BCUT2D eigenvalue weighted by atomic mass is 19.4. The van der Waals surface area contributed by atoms with E-state index in [2.05, 4.69) is 0 Å². The van der Waals surface area contributed by atoms with Gasteiger partial charge in [-0.2, -0.15) is 26.3 Å². The lowest BCUT2D eigenvalue weighted by Gasteiger charge is -2.46. The third-order valence-electron chi connectivity index (χ3n) is 9.43. The molecule has 0 radical (unpaired) electrons. The third-order valence-corrected chi connectivity index (χ3v) is 9.43. The summed E-state index contributed by atoms with van der Waals surface area (Å²) in [4.78, 5) is 44.4. The number of nitrogens with zero attached hydrogens (tertiary/aromatic N) is 3. The van der Waals surface area contributed by atoms with E-state index in [1.807, 2.05) is 31.2 Å². The average molecular weight is 640 g/mol. The van der Waals surface area contributed by atoms with Crippen LogP contribution in [0, 0.1) is 12.8 Å². The van der Waals surface area contributed by atoms with Crippen LogP contribution in [-0.4, -0.2) is 71.7 Å². The predicted molar refractivity (Wildman–Crippen MR) is 156 cm³/mol. The van der Waals surface area contributed by atoms with Crippen molar-refractivity contribution in [2.45, 2.75) is 76.7 Å². The molecule has 2 aromatic carbocycles. The Morgan fingerprint density at radius 1 is 0.800 bits per heavy atom. The van der Waals surface area contributed by atoms with Gasteiger partial charge < -0.3 is 14.7 Å². The number of hydrogen-bond donors (Lipinski definition) is 0. The van der Waals surface area contributed by atoms with E-state index >= 15 is 0 Å². The molecule has 3 amide bonds. The molecule has 4 rings (SSSR count). The topological polar surface area (TPSA) is 60.9 Å². The highest BCUT2D eigenvalue weighted by Gasteiger charge is 2.44. The SMILES string of the molecule is CC(=O)N1CCC(C(=O)N2CC[C@H](N(C)C(=O)C(C)(C)c3cc(C(F)(F)F)cc(C(F)(F)F)c3)[C@@H](c3ccccc3C)C2)CC1. The van der Waals surface area contributed by atoms with E-state index in [1.54, 1.807) is 9.80 Å². The van der Waals surface area contributed by atoms with Crippen LogP contribution in [0.1, 0.15) is 73.8 Å². The Morgan fingerprint density at radius 3 is 1.82 bits per heavy atom. The summed E-state index contributed by atoms with van der Waals surface area (Å²) < 4.78 is 81.8. The van der Waals surface area contributed by atoms with Gasteiger partial charge in [-0.15, -0.1) is 0 Å². The van der Waals surface area contributed by atoms with E-state index in [9.17, 15) is 40.7 Å². The van der Waals surface area contributed by atoms with Crippen molar-refractivity contribution >= 4 is 17.7 Å². The van der Waals surface area contributed by atoms with Crippen molar-refractivity contribution in [3.8, 4) is 0 Å². The van der Waals surface area contributed by atoms with E-state index in [1.165, 1.54) is 32.7 Å². The molecule has 2 aromatic rings. The molecule has 6 nitrogen and oxygen atoms in total. The van der Waals surface area contributed by atoms with Crippen molar-refractivity contribution in [1.82, 2.24) is 14.7 Å². The largest absolute Gasteiger partial charge is 0.416 e. The van der Waals surface area contributed by atoms with Gasteiger partial charge >= 0.3 is 12.4 Å². The van der Waals surface area contributed by atoms with E-state index < -0.39 is 46.4 Å². The number of carbonyl (C=O) groups is 3. The highest BCUT2D eigenvalue weighted by Crippen LogP contribution is 2.41. The van der Waals surface area contributed by atoms with E-state index in [0.717, 1.165) is 11.1 Å². The molecule has 2 heterocycles. The number of benzene rings is 2. The van der Waals surface area contributed by atoms with Gasteiger partial charge in [0.1, 0.15) is 0 Å². The molecule has 2 fully saturated rings. The lowest BCUT2D eigenvalue weighted by molar-refractivity contribution is -0.145. The minimum Gasteiger partial charge on any atom is -0.343 e. The minimum atomic E-state index is -5.04. The van der Waals surface area contributed by atoms with Gasteiger partial charge in [-0.25, -0.2) is 0 Å². The van der Waals surface area contributed by atoms with Crippen LogP contribution in [0.4, 0.5) is 26.3 Å². The second-order valence-electron chi connectivity index (χ2n) is 12.7. The molecule has 2 aliphatic heterocycles. The number of piperidine rings is 2. The summed E-state index contributed by atoms with van der Waals surface area (Å²) in [7, 11) is 1.52. The number of carbonyl (C=O) groups excluding carboxylic acids is 3. The van der Waals surface area contributed by atoms with Crippen molar-refractivity contribution in [3.63, 3.8) is 0 Å². The summed E-state index contributed by atoms with van der Waals surface area (Å²) in [6.07, 6.45) is -8.61. The van der Waals surface area contributed by atoms with Gasteiger partial charge in [0.15, 0.2) is 0 Å². The fourth-order valence-corrected chi connectivity index (χ4v) is 6.64. The molecular formula is C33H39F6N3O3. The van der Waals surface area contributed by atoms with Gasteiger partial charge in [-0.3, -0.25) is 14.4 Å². The van der Waals surface area contributed by atoms with Gasteiger partial charge in [-0.1, -0.05) is 24.3 Å². The van der Waals surface area contributed by atoms with Gasteiger partial charge in [0, 0.05) is 58.0 Å². The van der Waals surface area contributed by atoms with Crippen LogP contribution in [0.15, 0.2) is 42.5 Å². The summed E-state index contributed by atoms with van der Waals surface area (Å²) >= 11 is 0. The third kappa shape index (κ3) is 7.30. The predicted octanol–water partition coefficient (Wildman–Crippen LogP) is 6.41. The number of likely N-dealkylation sites (tertiary alicyclic amines) is 2. The monoisotopic (exact) mass is 639 g/mol. The van der Waals surface area contributed by atoms with Gasteiger partial charge in [0.25, 0.3) is 0 Å². The zero-order chi connectivity index (χ0) is 33.5. The number of alkyl halides is 6. The lowest BCUT2D eigenvalue weighted by atomic mass is 9.78. The Kier molecular flexibility index (Phi) is 9.66. The zero-order valence-corrected chi connectivity index (χ0v) is 26.1. The average Bonchev–Trinajstić information content (AvgIpc) is 2.98. The van der Waals surface area contributed by atoms with Crippen LogP contribution in [0.3, 0.4) is 0 Å². The first-order chi connectivity index (χ1) is 20.8. The molecule has 2 aliphatic rings. The van der Waals surface area contributed by atoms with Gasteiger partial charge in [0.05, 0.1) is 16.5 Å². The lowest BCUT2D eigenvalue weighted by Crippen LogP contribution is -2.56. The van der Waals surface area contributed by atoms with Crippen LogP contribution in [-0.2, 0) is 32.2 Å². The molecule has 45 heavy (non-hydrogen) atoms. The molecule has 0 aliphatic carbocycles. The molecule has 2 saturated heterocycles. The molecule has 246 valence electrons. The maximum absolute atomic E-state index is 14.0. The summed E-state index contributed by atoms with van der Waals surface area (Å²) in [5.41, 5.74) is -3.24. The summed E-state index contributed by atoms with van der Waals surface area (Å²) in [5.74, 6) is -1.27. The highest BCUT2D eigenvalue weighted by molar-refractivity contribution is 5.88. The number of rotatable bonds is 5. The van der Waals surface area contributed by atoms with Gasteiger partial charge in [0.2, 0.25) is 17.7 Å². The Labute approximate surface area is 259 Å². The van der Waals surface area contributed by atoms with Crippen LogP contribution in [0.2, 0.25) is 0 Å². The maximum atomic E-state index is 14.0. The van der Waals surface area contributed by atoms with Crippen molar-refractivity contribution in [2.75, 3.05) is 33.2 Å². The summed E-state index contributed by atoms with van der Waals surface area (Å²) in [6, 6.07) is 8.34. The first kappa shape index (κ1) is 34.3. The number of hydrogen-bond acceptors (Lipinski definition) is 3. The maximum Gasteiger partial charge on any atom is 0.416 e. The number of likely N-dealkylation sites (N-methyl/N-ethyl adjacent to an activating group) is 1. The molecule has 2 atom stereocenters. The fourth-order valence-electron chi connectivity index (χ4n) is 6.64. The second kappa shape index (κ2) is 12.7. The standard InChI is InChI=1S/C33H39F6N3O3/c1-20-8-6-7-9-26(20)27-19-42(29(44)22-10-13-41(14-11-22)21(2)43)15-12-28(27)40(5)30(45)31(3,4)23-16-24(32(34,35)36)18-25(17-23)33(37,38)39/h6-9,16-18,22,27-28H,10-15,19H2,1-5H3/t27-,28+/m1/s1. The molecular weight excluding hydrogens is 600 g/mol. The van der Waals surface area contributed by atoms with E-state index in [-0.39, 0.29) is 29.7 Å². The van der Waals surface area contributed by atoms with Crippen molar-refractivity contribution in [2.24, 2.45) is 5.92 Å². The number of halogens is 6. The first-order valence-electron chi connectivity index (χ1n) is 15.0. The molecule has 0 spiro atoms. The fraction of sp³-hybridized carbons (Fsp3) is 0.545. The number of aryl methyl sites for hydroxylation is 1. The molecule has 0 aromatic heterocycles. The Bertz CT molecular complexity index is 1400. The number of amides is 3. The molecule has 0 unspecified atom stereocenters. The summed E-state index contributed by atoms with van der Waals surface area (Å²) in [6.45, 7) is 7.70. The van der Waals surface area contributed by atoms with Crippen molar-refractivity contribution in [3.05, 3.63) is 70.3 Å². The van der Waals surface area contributed by atoms with Crippen LogP contribution in [0.25, 0.3) is 0 Å². The smallest absolute Gasteiger partial charge is 0.343 e. The van der Waals surface area contributed by atoms with E-state index in [4.69, 9.17) is 0 Å². The van der Waals surface area contributed by atoms with Crippen LogP contribution in [0.5, 0.6) is 0 Å². The van der Waals surface area contributed by atoms with Crippen LogP contribution < -0.4 is 0 Å². The van der Waals surface area contributed by atoms with E-state index in [0.29, 0.717) is 57.6 Å². The Balaban J connectivity index is 1.63. The molecule has 12 heteroatoms. The second-order valence-corrected chi connectivity index (χ2v) is 12.7. The van der Waals surface area contributed by atoms with Crippen LogP contribution >= 0.6 is 0 Å². The minimum absolute atomic E-state index is 0.0202. The first-order valence-corrected chi connectivity index (χ1v) is 15.0. The molecule has 0 bridgehead atoms. The molecule has 0 saturated carbocycles. The zero-order valence-electron chi connectivity index (χ0n) is 26.1. The quantitative estimate of drug-likeness (QED) is 0.356. The van der Waals surface area contributed by atoms with Crippen molar-refractivity contribution in [1.29, 1.82) is 0 Å². The Hall–Kier alpha value is -3.57. The van der Waals surface area contributed by atoms with Gasteiger partial charge in [-0.05, 0) is 74.9 Å². The van der Waals surface area contributed by atoms with Crippen molar-refractivity contribution < 1.29 is 40.7 Å². The normalized spacial score (nSPS) is 20.2. The Morgan fingerprint density at radius 2 is 1.31 bits per heavy atom.